The molecule has 0 saturated carbocycles. The summed E-state index contributed by atoms with van der Waals surface area (Å²) in [6.45, 7) is 4.45. The minimum atomic E-state index is -0.567. The van der Waals surface area contributed by atoms with E-state index in [9.17, 15) is 9.59 Å². The number of carbonyl (C=O) groups excluding carboxylic acids is 2. The number of nitrogens with one attached hydrogen (secondary N) is 3. The molecule has 2 rings (SSSR count). The van der Waals surface area contributed by atoms with Crippen LogP contribution in [0.25, 0.3) is 0 Å². The fraction of sp³-hybridized carbons (Fsp3) is 0.529. The van der Waals surface area contributed by atoms with Crippen LogP contribution in [-0.4, -0.2) is 37.5 Å². The molecule has 1 heterocycles. The second-order valence-corrected chi connectivity index (χ2v) is 6.43. The zero-order chi connectivity index (χ0) is 16.7. The van der Waals surface area contributed by atoms with Crippen molar-refractivity contribution in [2.45, 2.75) is 32.2 Å². The predicted molar refractivity (Wildman–Crippen MR) is 98.8 cm³/mol. The fourth-order valence-electron chi connectivity index (χ4n) is 2.67. The molecule has 5 nitrogen and oxygen atoms in total. The Labute approximate surface area is 154 Å². The number of hydrogen-bond acceptors (Lipinski definition) is 3. The van der Waals surface area contributed by atoms with Gasteiger partial charge in [-0.1, -0.05) is 11.6 Å². The summed E-state index contributed by atoms with van der Waals surface area (Å²) in [5.41, 5.74) is 0.488. The highest BCUT2D eigenvalue weighted by Crippen LogP contribution is 2.13. The van der Waals surface area contributed by atoms with Crippen molar-refractivity contribution in [3.05, 3.63) is 34.9 Å². The van der Waals surface area contributed by atoms with Crippen molar-refractivity contribution in [3.8, 4) is 0 Å². The van der Waals surface area contributed by atoms with E-state index in [-0.39, 0.29) is 24.2 Å². The molecule has 2 atom stereocenters. The third kappa shape index (κ3) is 6.67. The van der Waals surface area contributed by atoms with Crippen molar-refractivity contribution in [3.63, 3.8) is 0 Å². The van der Waals surface area contributed by atoms with Gasteiger partial charge in [0.05, 0.1) is 0 Å². The van der Waals surface area contributed by atoms with Gasteiger partial charge in [-0.25, -0.2) is 0 Å². The number of benzene rings is 1. The Bertz CT molecular complexity index is 531. The molecule has 0 aromatic heterocycles. The third-order valence-electron chi connectivity index (χ3n) is 4.10. The van der Waals surface area contributed by atoms with E-state index in [1.54, 1.807) is 31.2 Å². The normalized spacial score (nSPS) is 18.2. The fourth-order valence-corrected chi connectivity index (χ4v) is 2.80. The summed E-state index contributed by atoms with van der Waals surface area (Å²) in [5.74, 6) is 0.194. The zero-order valence-electron chi connectivity index (χ0n) is 13.8. The summed E-state index contributed by atoms with van der Waals surface area (Å²) in [6.07, 6.45) is 3.38. The summed E-state index contributed by atoms with van der Waals surface area (Å²) in [6, 6.07) is 6.01. The van der Waals surface area contributed by atoms with E-state index in [2.05, 4.69) is 16.0 Å². The molecule has 1 aliphatic rings. The SMILES string of the molecule is CC(NC(=O)c1ccc(Cl)cc1)C(=O)NCCC1CCCNC1.Cl. The second-order valence-electron chi connectivity index (χ2n) is 5.99. The van der Waals surface area contributed by atoms with Gasteiger partial charge < -0.3 is 16.0 Å². The summed E-state index contributed by atoms with van der Waals surface area (Å²) in [7, 11) is 0. The molecule has 1 saturated heterocycles. The molecule has 1 aliphatic heterocycles. The molecular formula is C17H25Cl2N3O2. The molecule has 0 radical (unpaired) electrons. The van der Waals surface area contributed by atoms with Crippen LogP contribution in [0.3, 0.4) is 0 Å². The molecule has 134 valence electrons. The Morgan fingerprint density at radius 3 is 2.67 bits per heavy atom. The summed E-state index contributed by atoms with van der Waals surface area (Å²) < 4.78 is 0. The molecule has 0 bridgehead atoms. The van der Waals surface area contributed by atoms with E-state index in [0.717, 1.165) is 19.5 Å². The average molecular weight is 374 g/mol. The van der Waals surface area contributed by atoms with Gasteiger partial charge in [-0.3, -0.25) is 9.59 Å². The molecule has 7 heteroatoms. The van der Waals surface area contributed by atoms with Crippen molar-refractivity contribution >= 4 is 35.8 Å². The topological polar surface area (TPSA) is 70.2 Å². The second kappa shape index (κ2) is 10.5. The number of piperidine rings is 1. The van der Waals surface area contributed by atoms with Gasteiger partial charge in [-0.15, -0.1) is 12.4 Å². The Kier molecular flexibility index (Phi) is 9.11. The van der Waals surface area contributed by atoms with E-state index < -0.39 is 6.04 Å². The maximum atomic E-state index is 12.0. The van der Waals surface area contributed by atoms with Crippen molar-refractivity contribution in [2.24, 2.45) is 5.92 Å². The van der Waals surface area contributed by atoms with Crippen molar-refractivity contribution < 1.29 is 9.59 Å². The molecule has 1 aromatic carbocycles. The summed E-state index contributed by atoms with van der Waals surface area (Å²) in [5, 5.41) is 9.53. The number of amides is 2. The van der Waals surface area contributed by atoms with E-state index >= 15 is 0 Å². The highest BCUT2D eigenvalue weighted by atomic mass is 35.5. The smallest absolute Gasteiger partial charge is 0.251 e. The van der Waals surface area contributed by atoms with Crippen LogP contribution >= 0.6 is 24.0 Å². The van der Waals surface area contributed by atoms with Crippen LogP contribution in [-0.2, 0) is 4.79 Å². The van der Waals surface area contributed by atoms with Crippen molar-refractivity contribution in [1.29, 1.82) is 0 Å². The van der Waals surface area contributed by atoms with Gasteiger partial charge in [0.2, 0.25) is 5.91 Å². The van der Waals surface area contributed by atoms with Crippen LogP contribution in [0.15, 0.2) is 24.3 Å². The van der Waals surface area contributed by atoms with Gasteiger partial charge in [0, 0.05) is 17.1 Å². The highest BCUT2D eigenvalue weighted by Gasteiger charge is 2.17. The lowest BCUT2D eigenvalue weighted by Gasteiger charge is -2.23. The van der Waals surface area contributed by atoms with Gasteiger partial charge >= 0.3 is 0 Å². The minimum Gasteiger partial charge on any atom is -0.354 e. The molecule has 2 unspecified atom stereocenters. The first-order valence-corrected chi connectivity index (χ1v) is 8.49. The van der Waals surface area contributed by atoms with Crippen LogP contribution in [0.1, 0.15) is 36.5 Å². The predicted octanol–water partition coefficient (Wildman–Crippen LogP) is 2.39. The molecule has 1 fully saturated rings. The summed E-state index contributed by atoms with van der Waals surface area (Å²) in [4.78, 5) is 24.1. The molecule has 2 amide bonds. The Morgan fingerprint density at radius 2 is 2.04 bits per heavy atom. The number of rotatable bonds is 6. The monoisotopic (exact) mass is 373 g/mol. The number of carbonyl (C=O) groups is 2. The van der Waals surface area contributed by atoms with E-state index in [1.165, 1.54) is 12.8 Å². The Hall–Kier alpha value is -1.30. The molecule has 1 aromatic rings. The molecule has 0 spiro atoms. The van der Waals surface area contributed by atoms with Crippen LogP contribution < -0.4 is 16.0 Å². The summed E-state index contributed by atoms with van der Waals surface area (Å²) >= 11 is 5.79. The lowest BCUT2D eigenvalue weighted by atomic mass is 9.96. The van der Waals surface area contributed by atoms with Crippen LogP contribution in [0.5, 0.6) is 0 Å². The Morgan fingerprint density at radius 1 is 1.33 bits per heavy atom. The number of halogens is 2. The first kappa shape index (κ1) is 20.7. The van der Waals surface area contributed by atoms with Gasteiger partial charge in [0.25, 0.3) is 5.91 Å². The quantitative estimate of drug-likeness (QED) is 0.716. The zero-order valence-corrected chi connectivity index (χ0v) is 15.4. The minimum absolute atomic E-state index is 0. The largest absolute Gasteiger partial charge is 0.354 e. The van der Waals surface area contributed by atoms with Crippen LogP contribution in [0, 0.1) is 5.92 Å². The van der Waals surface area contributed by atoms with Crippen molar-refractivity contribution in [1.82, 2.24) is 16.0 Å². The lowest BCUT2D eigenvalue weighted by molar-refractivity contribution is -0.122. The maximum Gasteiger partial charge on any atom is 0.251 e. The van der Waals surface area contributed by atoms with Crippen molar-refractivity contribution in [2.75, 3.05) is 19.6 Å². The third-order valence-corrected chi connectivity index (χ3v) is 4.35. The molecule has 24 heavy (non-hydrogen) atoms. The van der Waals surface area contributed by atoms with Gasteiger partial charge in [0.1, 0.15) is 6.04 Å². The number of hydrogen-bond donors (Lipinski definition) is 3. The average Bonchev–Trinajstić information content (AvgIpc) is 2.56. The first-order valence-electron chi connectivity index (χ1n) is 8.11. The van der Waals surface area contributed by atoms with E-state index in [1.807, 2.05) is 0 Å². The standard InChI is InChI=1S/C17H24ClN3O2.ClH/c1-12(21-17(23)14-4-6-15(18)7-5-14)16(22)20-10-8-13-3-2-9-19-11-13;/h4-7,12-13,19H,2-3,8-11H2,1H3,(H,20,22)(H,21,23);1H. The molecule has 0 aliphatic carbocycles. The van der Waals surface area contributed by atoms with Crippen LogP contribution in [0.4, 0.5) is 0 Å². The van der Waals surface area contributed by atoms with Gasteiger partial charge in [0.15, 0.2) is 0 Å². The van der Waals surface area contributed by atoms with E-state index in [4.69, 9.17) is 11.6 Å². The van der Waals surface area contributed by atoms with Gasteiger partial charge in [-0.2, -0.15) is 0 Å². The van der Waals surface area contributed by atoms with Crippen LogP contribution in [0.2, 0.25) is 5.02 Å². The highest BCUT2D eigenvalue weighted by molar-refractivity contribution is 6.30. The Balaban J connectivity index is 0.00000288. The van der Waals surface area contributed by atoms with Gasteiger partial charge in [-0.05, 0) is 69.5 Å². The first-order chi connectivity index (χ1) is 11.1. The van der Waals surface area contributed by atoms with E-state index in [0.29, 0.717) is 23.0 Å². The molecular weight excluding hydrogens is 349 g/mol. The lowest BCUT2D eigenvalue weighted by Crippen LogP contribution is -2.45. The maximum absolute atomic E-state index is 12.0. The molecule has 3 N–H and O–H groups in total.